The Bertz CT molecular complexity index is 2220. The van der Waals surface area contributed by atoms with Crippen molar-refractivity contribution in [3.8, 4) is 0 Å². The Labute approximate surface area is 462 Å². The van der Waals surface area contributed by atoms with E-state index in [1.807, 2.05) is 19.9 Å². The summed E-state index contributed by atoms with van der Waals surface area (Å²) < 4.78 is 23.4. The van der Waals surface area contributed by atoms with E-state index in [1.165, 1.54) is 6.08 Å². The molecule has 18 unspecified atom stereocenters. The zero-order valence-corrected chi connectivity index (χ0v) is 45.3. The molecule has 0 radical (unpaired) electrons. The molecule has 3 aliphatic rings. The molecule has 0 aromatic heterocycles. The van der Waals surface area contributed by atoms with Crippen LogP contribution in [0.2, 0.25) is 0 Å². The molecule has 0 amide bonds. The van der Waals surface area contributed by atoms with E-state index in [1.54, 1.807) is 104 Å². The van der Waals surface area contributed by atoms with Gasteiger partial charge in [-0.1, -0.05) is 98.9 Å². The Balaban J connectivity index is 1.52. The molecule has 19 atom stereocenters. The monoisotopic (exact) mass is 1110 g/mol. The van der Waals surface area contributed by atoms with Crippen molar-refractivity contribution in [2.24, 2.45) is 23.5 Å². The summed E-state index contributed by atoms with van der Waals surface area (Å²) in [6.45, 7) is 3.44. The van der Waals surface area contributed by atoms with Gasteiger partial charge < -0.3 is 91.3 Å². The number of hydrogen-bond acceptors (Lipinski definition) is 20. The third-order valence-electron chi connectivity index (χ3n) is 14.2. The van der Waals surface area contributed by atoms with Crippen LogP contribution in [0.3, 0.4) is 0 Å². The number of fused-ring (bicyclic) bond motifs is 2. The number of nitrogens with one attached hydrogen (secondary N) is 1. The highest BCUT2D eigenvalue weighted by molar-refractivity contribution is 5.96. The molecule has 3 heterocycles. The number of ether oxygens (including phenoxy) is 4. The maximum atomic E-state index is 13.3. The number of aliphatic hydroxyl groups is 11. The van der Waals surface area contributed by atoms with Crippen LogP contribution in [-0.2, 0) is 28.5 Å². The Hall–Kier alpha value is -4.79. The molecule has 0 spiro atoms. The Morgan fingerprint density at radius 3 is 1.78 bits per heavy atom. The van der Waals surface area contributed by atoms with E-state index in [9.17, 15) is 75.7 Å². The van der Waals surface area contributed by atoms with Crippen molar-refractivity contribution < 1.29 is 94.6 Å². The number of Topliss-reactive ketones (excluding diaryl/α,β-unsaturated/α-hetero) is 1. The number of allylic oxidation sites excluding steroid dienone is 12. The molecule has 79 heavy (non-hydrogen) atoms. The number of benzene rings is 1. The van der Waals surface area contributed by atoms with Gasteiger partial charge in [-0.2, -0.15) is 0 Å². The molecule has 4 rings (SSSR count). The van der Waals surface area contributed by atoms with Crippen LogP contribution < -0.4 is 11.1 Å². The largest absolute Gasteiger partial charge is 0.481 e. The third-order valence-corrected chi connectivity index (χ3v) is 14.2. The summed E-state index contributed by atoms with van der Waals surface area (Å²) in [4.78, 5) is 38.8. The second-order valence-corrected chi connectivity index (χ2v) is 21.2. The Morgan fingerprint density at radius 2 is 1.24 bits per heavy atom. The first-order valence-electron chi connectivity index (χ1n) is 27.1. The summed E-state index contributed by atoms with van der Waals surface area (Å²) in [5.41, 5.74) is 7.27. The van der Waals surface area contributed by atoms with E-state index in [4.69, 9.17) is 24.7 Å². The predicted molar refractivity (Wildman–Crippen MR) is 292 cm³/mol. The van der Waals surface area contributed by atoms with Crippen LogP contribution in [0.1, 0.15) is 101 Å². The number of rotatable bonds is 11. The minimum atomic E-state index is -2.33. The van der Waals surface area contributed by atoms with E-state index in [-0.39, 0.29) is 69.2 Å². The van der Waals surface area contributed by atoms with Crippen molar-refractivity contribution in [1.82, 2.24) is 0 Å². The summed E-state index contributed by atoms with van der Waals surface area (Å²) in [6, 6.07) is 5.78. The van der Waals surface area contributed by atoms with Crippen molar-refractivity contribution in [2.75, 3.05) is 19.0 Å². The van der Waals surface area contributed by atoms with Crippen LogP contribution in [-0.4, -0.2) is 190 Å². The molecule has 1 aromatic carbocycles. The number of hydrogen-bond donors (Lipinski definition) is 14. The molecule has 0 aliphatic carbocycles. The zero-order valence-electron chi connectivity index (χ0n) is 45.3. The Morgan fingerprint density at radius 1 is 0.722 bits per heavy atom. The number of carboxylic acids is 1. The number of nitrogens with two attached hydrogens (primary N) is 1. The van der Waals surface area contributed by atoms with Crippen LogP contribution >= 0.6 is 0 Å². The van der Waals surface area contributed by atoms with Crippen molar-refractivity contribution in [3.63, 3.8) is 0 Å². The van der Waals surface area contributed by atoms with Gasteiger partial charge in [-0.25, -0.2) is 0 Å². The number of esters is 1. The quantitative estimate of drug-likeness (QED) is 0.111. The van der Waals surface area contributed by atoms with E-state index in [2.05, 4.69) is 5.32 Å². The first kappa shape index (κ1) is 66.7. The lowest BCUT2D eigenvalue weighted by atomic mass is 9.82. The minimum absolute atomic E-state index is 0.0969. The SMILES string of the molecule is CNc1ccc(C(=O)CC(O)CCC(C)C2OC(=O)CC(O)CC(O)CC(O)CC(O)CC(O)CC(O)CC3(O)CC(O)C(C(=O)O)C(CC(OC4OCC(O)[C@H](N)C4O)/C=C/C=C/C=C/C=C/C=C/C=C/C=C/C2C)O3)cc1. The number of aliphatic carboxylic acids is 1. The average Bonchev–Trinajstić information content (AvgIpc) is 3.36. The fraction of sp³-hybridized carbons (Fsp3) is 0.603. The average molecular weight is 1120 g/mol. The van der Waals surface area contributed by atoms with Crippen molar-refractivity contribution in [2.45, 2.75) is 188 Å². The molecule has 2 fully saturated rings. The molecule has 15 N–H and O–H groups in total. The summed E-state index contributed by atoms with van der Waals surface area (Å²) in [5, 5.41) is 133. The van der Waals surface area contributed by atoms with Crippen LogP contribution in [0.4, 0.5) is 5.69 Å². The molecule has 21 heteroatoms. The number of carboxylic acid groups (broad SMARTS) is 1. The van der Waals surface area contributed by atoms with Crippen molar-refractivity contribution in [3.05, 3.63) is 115 Å². The van der Waals surface area contributed by atoms with E-state index in [0.29, 0.717) is 12.0 Å². The van der Waals surface area contributed by atoms with Gasteiger partial charge in [0.25, 0.3) is 0 Å². The van der Waals surface area contributed by atoms with Crippen molar-refractivity contribution in [1.29, 1.82) is 0 Å². The lowest BCUT2D eigenvalue weighted by Crippen LogP contribution is -2.59. The highest BCUT2D eigenvalue weighted by Crippen LogP contribution is 2.38. The fourth-order valence-electron chi connectivity index (χ4n) is 9.95. The summed E-state index contributed by atoms with van der Waals surface area (Å²) in [5.74, 6) is -7.00. The van der Waals surface area contributed by atoms with Gasteiger partial charge in [0.05, 0.1) is 86.2 Å². The fourth-order valence-corrected chi connectivity index (χ4v) is 9.95. The van der Waals surface area contributed by atoms with E-state index in [0.717, 1.165) is 5.69 Å². The standard InChI is InChI=1S/C58H86N2O19/c1-35-16-14-12-10-8-6-4-5-7-9-11-13-15-17-46(77-57-54(72)53(59)49(70)34-76-57)31-50-52(56(73)74)48(69)33-58(75,79-50)32-45(67)28-43(65)26-41(63)24-40(62)25-42(64)27-44(66)30-51(71)78-55(35)36(2)18-23-39(61)29-47(68)37-19-21-38(60-3)22-20-37/h4-17,19-22,35-36,39-46,48-50,52-55,57,60-67,69-70,72,75H,18,23-34,59H2,1-3H3,(H,73,74)/b5-4+,8-6+,9-7+,12-10+,13-11+,16-14+,17-15+/t35?,36?,39?,40?,41?,42?,43?,44?,45?,46?,48?,49?,50?,52?,53-,54?,55?,57?,58?/m0/s1. The van der Waals surface area contributed by atoms with Gasteiger partial charge in [-0.05, 0) is 75.1 Å². The zero-order chi connectivity index (χ0) is 58.2. The maximum absolute atomic E-state index is 13.3. The molecule has 3 aliphatic heterocycles. The van der Waals surface area contributed by atoms with Gasteiger partial charge in [-0.15, -0.1) is 0 Å². The predicted octanol–water partition coefficient (Wildman–Crippen LogP) is 2.15. The summed E-state index contributed by atoms with van der Waals surface area (Å²) >= 11 is 0. The van der Waals surface area contributed by atoms with Crippen LogP contribution in [0.5, 0.6) is 0 Å². The van der Waals surface area contributed by atoms with Gasteiger partial charge in [-0.3, -0.25) is 14.4 Å². The second-order valence-electron chi connectivity index (χ2n) is 21.2. The first-order valence-corrected chi connectivity index (χ1v) is 27.1. The molecular formula is C58H86N2O19. The maximum Gasteiger partial charge on any atom is 0.311 e. The van der Waals surface area contributed by atoms with Crippen LogP contribution in [0, 0.1) is 17.8 Å². The molecular weight excluding hydrogens is 1030 g/mol. The van der Waals surface area contributed by atoms with Gasteiger partial charge in [0.1, 0.15) is 18.1 Å². The molecule has 442 valence electrons. The molecule has 21 nitrogen and oxygen atoms in total. The summed E-state index contributed by atoms with van der Waals surface area (Å²) in [7, 11) is 1.77. The number of cyclic esters (lactones) is 1. The van der Waals surface area contributed by atoms with Gasteiger partial charge in [0.2, 0.25) is 0 Å². The highest BCUT2D eigenvalue weighted by atomic mass is 16.7. The summed E-state index contributed by atoms with van der Waals surface area (Å²) in [6.07, 6.45) is 2.56. The Kier molecular flexibility index (Phi) is 28.6. The lowest BCUT2D eigenvalue weighted by Gasteiger charge is -2.45. The van der Waals surface area contributed by atoms with E-state index >= 15 is 0 Å². The topological polar surface area (TPSA) is 369 Å². The van der Waals surface area contributed by atoms with E-state index < -0.39 is 141 Å². The minimum Gasteiger partial charge on any atom is -0.481 e. The van der Waals surface area contributed by atoms with Crippen molar-refractivity contribution >= 4 is 23.4 Å². The molecule has 2 saturated heterocycles. The first-order chi connectivity index (χ1) is 37.5. The number of ketones is 1. The number of anilines is 1. The van der Waals surface area contributed by atoms with Crippen LogP contribution in [0.25, 0.3) is 0 Å². The van der Waals surface area contributed by atoms with Crippen LogP contribution in [0.15, 0.2) is 109 Å². The van der Waals surface area contributed by atoms with Gasteiger partial charge >= 0.3 is 11.9 Å². The molecule has 1 aromatic rings. The molecule has 0 saturated carbocycles. The molecule has 2 bridgehead atoms. The highest BCUT2D eigenvalue weighted by Gasteiger charge is 2.50. The second kappa shape index (κ2) is 33.8. The van der Waals surface area contributed by atoms with Gasteiger partial charge in [0, 0.05) is 49.9 Å². The number of aliphatic hydroxyl groups excluding tert-OH is 10. The number of carbonyl (C=O) groups excluding carboxylic acids is 2. The third kappa shape index (κ3) is 23.7. The smallest absolute Gasteiger partial charge is 0.311 e. The number of carbonyl (C=O) groups is 3. The normalized spacial score (nSPS) is 38.3. The van der Waals surface area contributed by atoms with Gasteiger partial charge in [0.15, 0.2) is 17.9 Å². The lowest BCUT2D eigenvalue weighted by molar-refractivity contribution is -0.305.